The second-order valence-corrected chi connectivity index (χ2v) is 13.6. The summed E-state index contributed by atoms with van der Waals surface area (Å²) in [5.74, 6) is 0.794. The van der Waals surface area contributed by atoms with Crippen LogP contribution in [-0.4, -0.2) is 42.4 Å². The number of benzene rings is 5. The third-order valence-electron chi connectivity index (χ3n) is 9.73. The van der Waals surface area contributed by atoms with Crippen LogP contribution in [0.4, 0.5) is 13.2 Å². The van der Waals surface area contributed by atoms with Gasteiger partial charge in [0.25, 0.3) is 0 Å². The smallest absolute Gasteiger partial charge is 0.497 e. The highest BCUT2D eigenvalue weighted by Gasteiger charge is 2.50. The Morgan fingerprint density at radius 2 is 1.35 bits per heavy atom. The first-order valence-corrected chi connectivity index (χ1v) is 17.3. The fourth-order valence-corrected chi connectivity index (χ4v) is 7.76. The number of fused-ring (bicyclic) bond motifs is 8. The van der Waals surface area contributed by atoms with E-state index in [2.05, 4.69) is 0 Å². The van der Waals surface area contributed by atoms with Crippen molar-refractivity contribution in [1.29, 1.82) is 0 Å². The molecular weight excluding hydrogens is 685 g/mol. The first-order valence-electron chi connectivity index (χ1n) is 15.9. The number of halogens is 3. The van der Waals surface area contributed by atoms with Crippen LogP contribution in [0.3, 0.4) is 0 Å². The molecule has 1 unspecified atom stereocenters. The molecule has 1 aliphatic carbocycles. The molecule has 0 radical (unpaired) electrons. The summed E-state index contributed by atoms with van der Waals surface area (Å²) in [6, 6.07) is 25.2. The van der Waals surface area contributed by atoms with Gasteiger partial charge in [-0.1, -0.05) is 61.5 Å². The highest BCUT2D eigenvalue weighted by atomic mass is 32.2. The molecule has 7 rings (SSSR count). The molecule has 5 aromatic rings. The molecule has 1 atom stereocenters. The minimum Gasteiger partial charge on any atom is -0.497 e. The Kier molecular flexibility index (Phi) is 8.22. The number of methoxy groups -OCH3 is 4. The number of hydrogen-bond acceptors (Lipinski definition) is 8. The van der Waals surface area contributed by atoms with Crippen molar-refractivity contribution in [2.24, 2.45) is 0 Å². The van der Waals surface area contributed by atoms with Crippen molar-refractivity contribution in [3.8, 4) is 39.9 Å². The van der Waals surface area contributed by atoms with E-state index in [-0.39, 0.29) is 5.75 Å². The summed E-state index contributed by atoms with van der Waals surface area (Å²) in [5.41, 5.74) is -2.70. The Bertz CT molecular complexity index is 2250. The van der Waals surface area contributed by atoms with Crippen molar-refractivity contribution in [2.45, 2.75) is 30.1 Å². The third kappa shape index (κ3) is 5.10. The van der Waals surface area contributed by atoms with Gasteiger partial charge in [0.1, 0.15) is 22.8 Å². The largest absolute Gasteiger partial charge is 0.534 e. The second-order valence-electron chi connectivity index (χ2n) is 12.1. The van der Waals surface area contributed by atoms with Gasteiger partial charge in [0.15, 0.2) is 17.1 Å². The van der Waals surface area contributed by atoms with Crippen LogP contribution >= 0.6 is 0 Å². The van der Waals surface area contributed by atoms with Crippen LogP contribution in [0.5, 0.6) is 28.7 Å². The Balaban J connectivity index is 1.59. The van der Waals surface area contributed by atoms with Crippen LogP contribution in [0, 0.1) is 0 Å². The van der Waals surface area contributed by atoms with Crippen LogP contribution in [-0.2, 0) is 26.1 Å². The molecule has 0 bridgehead atoms. The standard InChI is InChI=1S/C39H33F3O8S/c1-6-37(48-5)31-10-8-7-9-27(31)34-29-21-33(50-51(43,44)39(40,41)42)32(47-4)22-30(29)36-28(35(34)37)19-20-38(49-36,23-11-15-25(45-2)16-12-23)24-13-17-26(46-3)18-14-24/h7-22H,6H2,1-5H3. The molecule has 0 aromatic heterocycles. The van der Waals surface area contributed by atoms with Gasteiger partial charge in [0.05, 0.1) is 21.3 Å². The lowest BCUT2D eigenvalue weighted by Crippen LogP contribution is -2.35. The van der Waals surface area contributed by atoms with E-state index >= 15 is 0 Å². The van der Waals surface area contributed by atoms with Gasteiger partial charge in [-0.2, -0.15) is 21.6 Å². The Morgan fingerprint density at radius 1 is 0.765 bits per heavy atom. The first-order chi connectivity index (χ1) is 24.4. The summed E-state index contributed by atoms with van der Waals surface area (Å²) >= 11 is 0. The van der Waals surface area contributed by atoms with Gasteiger partial charge in [-0.3, -0.25) is 0 Å². The zero-order valence-corrected chi connectivity index (χ0v) is 29.1. The topological polar surface area (TPSA) is 89.5 Å². The lowest BCUT2D eigenvalue weighted by molar-refractivity contribution is -0.0500. The molecule has 0 spiro atoms. The lowest BCUT2D eigenvalue weighted by Gasteiger charge is -2.39. The molecule has 0 fully saturated rings. The van der Waals surface area contributed by atoms with Crippen molar-refractivity contribution >= 4 is 27.0 Å². The maximum absolute atomic E-state index is 13.6. The van der Waals surface area contributed by atoms with Gasteiger partial charge in [-0.05, 0) is 71.0 Å². The van der Waals surface area contributed by atoms with Gasteiger partial charge < -0.3 is 27.9 Å². The zero-order valence-electron chi connectivity index (χ0n) is 28.3. The number of ether oxygens (including phenoxy) is 5. The molecule has 0 saturated heterocycles. The van der Waals surface area contributed by atoms with Gasteiger partial charge >= 0.3 is 15.6 Å². The molecule has 1 aliphatic heterocycles. The molecule has 51 heavy (non-hydrogen) atoms. The molecule has 12 heteroatoms. The zero-order chi connectivity index (χ0) is 36.3. The number of alkyl halides is 3. The van der Waals surface area contributed by atoms with Crippen LogP contribution in [0.1, 0.15) is 41.2 Å². The summed E-state index contributed by atoms with van der Waals surface area (Å²) in [6.07, 6.45) is 4.43. The normalized spacial score (nSPS) is 17.3. The van der Waals surface area contributed by atoms with Crippen molar-refractivity contribution in [2.75, 3.05) is 28.4 Å². The van der Waals surface area contributed by atoms with Crippen LogP contribution in [0.2, 0.25) is 0 Å². The summed E-state index contributed by atoms with van der Waals surface area (Å²) in [6.45, 7) is 1.98. The van der Waals surface area contributed by atoms with Gasteiger partial charge in [-0.25, -0.2) is 0 Å². The highest BCUT2D eigenvalue weighted by Crippen LogP contribution is 2.60. The predicted octanol–water partition coefficient (Wildman–Crippen LogP) is 8.72. The minimum absolute atomic E-state index is 0.241. The van der Waals surface area contributed by atoms with Crippen molar-refractivity contribution < 1.29 is 49.5 Å². The maximum Gasteiger partial charge on any atom is 0.534 e. The quantitative estimate of drug-likeness (QED) is 0.111. The molecule has 1 heterocycles. The molecule has 0 saturated carbocycles. The lowest BCUT2D eigenvalue weighted by atomic mass is 9.79. The Morgan fingerprint density at radius 3 is 1.88 bits per heavy atom. The highest BCUT2D eigenvalue weighted by molar-refractivity contribution is 7.88. The van der Waals surface area contributed by atoms with E-state index in [0.29, 0.717) is 45.6 Å². The van der Waals surface area contributed by atoms with Crippen molar-refractivity contribution in [1.82, 2.24) is 0 Å². The second kappa shape index (κ2) is 12.2. The fraction of sp³-hybridized carbons (Fsp3) is 0.231. The van der Waals surface area contributed by atoms with Gasteiger partial charge in [0.2, 0.25) is 0 Å². The molecule has 264 valence electrons. The first kappa shape index (κ1) is 34.3. The maximum atomic E-state index is 13.6. The minimum atomic E-state index is -6.05. The monoisotopic (exact) mass is 718 g/mol. The van der Waals surface area contributed by atoms with E-state index in [1.165, 1.54) is 19.2 Å². The predicted molar refractivity (Wildman–Crippen MR) is 186 cm³/mol. The third-order valence-corrected chi connectivity index (χ3v) is 10.7. The summed E-state index contributed by atoms with van der Waals surface area (Å²) in [7, 11) is -0.0661. The molecule has 0 amide bonds. The van der Waals surface area contributed by atoms with Crippen LogP contribution < -0.4 is 23.1 Å². The SMILES string of the molecule is CCC1(OC)c2ccccc2-c2c1c1c(c3cc(OC)c(OS(=O)(=O)C(F)(F)F)cc23)OC(c2ccc(OC)cc2)(c2ccc(OC)cc2)C=C1. The molecule has 5 aromatic carbocycles. The molecule has 2 aliphatic rings. The van der Waals surface area contributed by atoms with E-state index < -0.39 is 32.6 Å². The van der Waals surface area contributed by atoms with E-state index in [0.717, 1.165) is 27.8 Å². The van der Waals surface area contributed by atoms with E-state index in [1.54, 1.807) is 21.3 Å². The van der Waals surface area contributed by atoms with Gasteiger partial charge in [0, 0.05) is 34.7 Å². The number of hydrogen-bond donors (Lipinski definition) is 0. The average molecular weight is 719 g/mol. The van der Waals surface area contributed by atoms with Crippen molar-refractivity contribution in [3.63, 3.8) is 0 Å². The van der Waals surface area contributed by atoms with Crippen LogP contribution in [0.25, 0.3) is 28.0 Å². The Hall–Kier alpha value is -5.20. The summed E-state index contributed by atoms with van der Waals surface area (Å²) < 4.78 is 100. The number of rotatable bonds is 9. The molecular formula is C39H33F3O8S. The van der Waals surface area contributed by atoms with E-state index in [1.807, 2.05) is 91.9 Å². The van der Waals surface area contributed by atoms with E-state index in [9.17, 15) is 21.6 Å². The van der Waals surface area contributed by atoms with Crippen LogP contribution in [0.15, 0.2) is 91.0 Å². The summed E-state index contributed by atoms with van der Waals surface area (Å²) in [4.78, 5) is 0. The summed E-state index contributed by atoms with van der Waals surface area (Å²) in [5, 5.41) is 0.830. The van der Waals surface area contributed by atoms with Crippen molar-refractivity contribution in [3.05, 3.63) is 119 Å². The molecule has 8 nitrogen and oxygen atoms in total. The van der Waals surface area contributed by atoms with Gasteiger partial charge in [-0.15, -0.1) is 0 Å². The fourth-order valence-electron chi connectivity index (χ4n) is 7.30. The Labute approximate surface area is 293 Å². The average Bonchev–Trinajstić information content (AvgIpc) is 3.44. The molecule has 0 N–H and O–H groups in total. The van der Waals surface area contributed by atoms with E-state index in [4.69, 9.17) is 27.9 Å².